The third-order valence-corrected chi connectivity index (χ3v) is 10.4. The second-order valence-corrected chi connectivity index (χ2v) is 15.4. The minimum absolute atomic E-state index is 0.0325. The Balaban J connectivity index is 0.000000705. The summed E-state index contributed by atoms with van der Waals surface area (Å²) in [6.45, 7) is 7.85. The van der Waals surface area contributed by atoms with Gasteiger partial charge in [-0.2, -0.15) is 13.2 Å². The minimum Gasteiger partial charge on any atom is -0.489 e. The summed E-state index contributed by atoms with van der Waals surface area (Å²) >= 11 is 0. The van der Waals surface area contributed by atoms with Gasteiger partial charge in [-0.05, 0) is 75.1 Å². The van der Waals surface area contributed by atoms with E-state index in [2.05, 4.69) is 11.4 Å². The van der Waals surface area contributed by atoms with Crippen LogP contribution in [0, 0.1) is 17.3 Å². The highest BCUT2D eigenvalue weighted by atomic mass is 19.4. The fraction of sp³-hybridized carbons (Fsp3) is 0.658. The standard InChI is InChI=1S/C36H49N3O7.C2HF3O2/c1-36(2,3)27-20-31(40)46-30-18-22(30)10-6-5-7-12-26-32(44-23-14-16-37-17-15-23)25-11-8-9-13-28(25)38-33(26)45-24-19-29(35(42)43-4)39(21-24)34(27)41;3-2(4,5)1(6)7/h8-9,11,13,22-24,27,29-30,37H,5-7,10,12,14-21H2,1-4H3;(H,6,7)/t22-,24-,27-,29+,30-;/m1./s1. The van der Waals surface area contributed by atoms with E-state index >= 15 is 0 Å². The van der Waals surface area contributed by atoms with E-state index in [0.717, 1.165) is 86.7 Å². The van der Waals surface area contributed by atoms with E-state index in [1.165, 1.54) is 7.11 Å². The molecule has 3 aliphatic heterocycles. The van der Waals surface area contributed by atoms with E-state index in [9.17, 15) is 27.6 Å². The number of esters is 2. The van der Waals surface area contributed by atoms with Gasteiger partial charge in [0, 0.05) is 11.8 Å². The minimum atomic E-state index is -5.08. The number of amides is 1. The number of para-hydroxylation sites is 1. The van der Waals surface area contributed by atoms with Crippen molar-refractivity contribution in [1.29, 1.82) is 0 Å². The number of ether oxygens (including phenoxy) is 4. The first kappa shape index (κ1) is 40.1. The molecule has 1 aliphatic carbocycles. The highest BCUT2D eigenvalue weighted by molar-refractivity contribution is 5.90. The predicted octanol–water partition coefficient (Wildman–Crippen LogP) is 5.62. The maximum Gasteiger partial charge on any atom is 0.490 e. The molecule has 6 rings (SSSR count). The third kappa shape index (κ3) is 10.3. The van der Waals surface area contributed by atoms with E-state index in [0.29, 0.717) is 11.8 Å². The summed E-state index contributed by atoms with van der Waals surface area (Å²) in [5.41, 5.74) is 1.20. The van der Waals surface area contributed by atoms with Crippen molar-refractivity contribution in [1.82, 2.24) is 15.2 Å². The first-order valence-electron chi connectivity index (χ1n) is 18.4. The predicted molar refractivity (Wildman–Crippen MR) is 186 cm³/mol. The molecule has 0 radical (unpaired) electrons. The highest BCUT2D eigenvalue weighted by Crippen LogP contribution is 2.42. The van der Waals surface area contributed by atoms with Crippen LogP contribution in [0.5, 0.6) is 11.6 Å². The fourth-order valence-corrected chi connectivity index (χ4v) is 7.28. The molecule has 2 aromatic rings. The number of aromatic nitrogens is 1. The molecule has 4 heterocycles. The molecule has 12 nitrogen and oxygen atoms in total. The van der Waals surface area contributed by atoms with Crippen molar-refractivity contribution < 1.29 is 56.4 Å². The van der Waals surface area contributed by atoms with Gasteiger partial charge >= 0.3 is 24.1 Å². The number of methoxy groups -OCH3 is 1. The van der Waals surface area contributed by atoms with E-state index in [4.69, 9.17) is 33.8 Å². The number of piperidine rings is 1. The summed E-state index contributed by atoms with van der Waals surface area (Å²) in [6, 6.07) is 7.19. The monoisotopic (exact) mass is 749 g/mol. The molecule has 1 aromatic carbocycles. The Hall–Kier alpha value is -4.14. The number of hydrogen-bond donors (Lipinski definition) is 2. The Kier molecular flexibility index (Phi) is 12.8. The lowest BCUT2D eigenvalue weighted by atomic mass is 9.77. The zero-order chi connectivity index (χ0) is 38.5. The summed E-state index contributed by atoms with van der Waals surface area (Å²) < 4.78 is 56.3. The number of alkyl halides is 3. The molecule has 0 unspecified atom stereocenters. The Morgan fingerprint density at radius 1 is 1.00 bits per heavy atom. The van der Waals surface area contributed by atoms with Gasteiger partial charge in [0.2, 0.25) is 11.8 Å². The van der Waals surface area contributed by atoms with Gasteiger partial charge < -0.3 is 34.3 Å². The quantitative estimate of drug-likeness (QED) is 0.376. The number of carbonyl (C=O) groups is 4. The van der Waals surface area contributed by atoms with Crippen LogP contribution in [0.2, 0.25) is 0 Å². The third-order valence-electron chi connectivity index (χ3n) is 10.4. The first-order chi connectivity index (χ1) is 25.1. The number of carbonyl (C=O) groups excluding carboxylic acids is 3. The van der Waals surface area contributed by atoms with Crippen molar-refractivity contribution in [3.8, 4) is 11.6 Å². The van der Waals surface area contributed by atoms with Gasteiger partial charge in [-0.15, -0.1) is 0 Å². The zero-order valence-corrected chi connectivity index (χ0v) is 30.7. The molecule has 2 N–H and O–H groups in total. The molecule has 15 heteroatoms. The number of carboxylic acid groups (broad SMARTS) is 1. The number of nitrogens with one attached hydrogen (secondary N) is 1. The average Bonchev–Trinajstić information content (AvgIpc) is 3.70. The second kappa shape index (κ2) is 16.9. The van der Waals surface area contributed by atoms with Gasteiger partial charge in [-0.25, -0.2) is 14.6 Å². The normalized spacial score (nSPS) is 26.0. The molecule has 292 valence electrons. The summed E-state index contributed by atoms with van der Waals surface area (Å²) in [7, 11) is 1.33. The van der Waals surface area contributed by atoms with Crippen LogP contribution < -0.4 is 14.8 Å². The lowest BCUT2D eigenvalue weighted by Gasteiger charge is -2.34. The van der Waals surface area contributed by atoms with Crippen LogP contribution in [-0.4, -0.2) is 96.1 Å². The lowest BCUT2D eigenvalue weighted by molar-refractivity contribution is -0.192. The Morgan fingerprint density at radius 3 is 2.36 bits per heavy atom. The molecule has 4 aliphatic rings. The first-order valence-corrected chi connectivity index (χ1v) is 18.4. The van der Waals surface area contributed by atoms with E-state index in [-0.39, 0.29) is 43.5 Å². The molecule has 2 bridgehead atoms. The molecule has 1 amide bonds. The molecule has 1 aromatic heterocycles. The van der Waals surface area contributed by atoms with Crippen LogP contribution in [0.15, 0.2) is 24.3 Å². The van der Waals surface area contributed by atoms with Gasteiger partial charge in [0.25, 0.3) is 0 Å². The van der Waals surface area contributed by atoms with Crippen LogP contribution in [-0.2, 0) is 35.1 Å². The SMILES string of the molecule is COC(=O)[C@@H]1C[C@@H]2CN1C(=O)[C@H](C(C)(C)C)CC(=O)O[C@@H]1C[C@H]1CCCCCc1c(nc3ccccc3c1OC1CCNCC1)O2.O=C(O)C(F)(F)F. The molecule has 5 atom stereocenters. The van der Waals surface area contributed by atoms with Gasteiger partial charge in [-0.3, -0.25) is 9.59 Å². The summed E-state index contributed by atoms with van der Waals surface area (Å²) in [6.07, 6.45) is 2.15. The van der Waals surface area contributed by atoms with Crippen LogP contribution in [0.25, 0.3) is 10.9 Å². The smallest absolute Gasteiger partial charge is 0.489 e. The molecule has 3 fully saturated rings. The Labute approximate surface area is 307 Å². The number of pyridine rings is 1. The van der Waals surface area contributed by atoms with E-state index < -0.39 is 41.6 Å². The van der Waals surface area contributed by atoms with Gasteiger partial charge in [0.05, 0.1) is 37.1 Å². The average molecular weight is 750 g/mol. The number of carboxylic acids is 1. The number of nitrogens with zero attached hydrogens (tertiary/aromatic N) is 2. The van der Waals surface area contributed by atoms with E-state index in [1.807, 2.05) is 39.0 Å². The maximum absolute atomic E-state index is 14.2. The summed E-state index contributed by atoms with van der Waals surface area (Å²) in [4.78, 5) is 55.8. The van der Waals surface area contributed by atoms with Crippen molar-refractivity contribution in [2.45, 2.75) is 116 Å². The van der Waals surface area contributed by atoms with Crippen LogP contribution in [0.1, 0.15) is 84.1 Å². The number of benzene rings is 1. The van der Waals surface area contributed by atoms with Crippen LogP contribution in [0.4, 0.5) is 13.2 Å². The Bertz CT molecular complexity index is 1640. The molecule has 2 saturated heterocycles. The highest BCUT2D eigenvalue weighted by Gasteiger charge is 2.48. The van der Waals surface area contributed by atoms with Crippen molar-refractivity contribution in [2.24, 2.45) is 17.3 Å². The number of fused-ring (bicyclic) bond motifs is 5. The largest absolute Gasteiger partial charge is 0.490 e. The number of halogens is 3. The number of rotatable bonds is 3. The van der Waals surface area contributed by atoms with Crippen LogP contribution >= 0.6 is 0 Å². The molecular weight excluding hydrogens is 699 g/mol. The lowest BCUT2D eigenvalue weighted by Crippen LogP contribution is -2.47. The summed E-state index contributed by atoms with van der Waals surface area (Å²) in [5, 5.41) is 11.5. The maximum atomic E-state index is 14.2. The number of aliphatic carboxylic acids is 1. The topological polar surface area (TPSA) is 154 Å². The van der Waals surface area contributed by atoms with Gasteiger partial charge in [0.1, 0.15) is 30.1 Å². The molecular formula is C38H50F3N3O9. The molecule has 53 heavy (non-hydrogen) atoms. The number of hydrogen-bond acceptors (Lipinski definition) is 10. The van der Waals surface area contributed by atoms with Gasteiger partial charge in [0.15, 0.2) is 0 Å². The molecule has 1 saturated carbocycles. The van der Waals surface area contributed by atoms with Crippen molar-refractivity contribution in [3.63, 3.8) is 0 Å². The van der Waals surface area contributed by atoms with Crippen molar-refractivity contribution in [3.05, 3.63) is 29.8 Å². The molecule has 0 spiro atoms. The van der Waals surface area contributed by atoms with Crippen LogP contribution in [0.3, 0.4) is 0 Å². The fourth-order valence-electron chi connectivity index (χ4n) is 7.28. The summed E-state index contributed by atoms with van der Waals surface area (Å²) in [5.74, 6) is -2.83. The second-order valence-electron chi connectivity index (χ2n) is 15.4. The van der Waals surface area contributed by atoms with Gasteiger partial charge in [-0.1, -0.05) is 45.7 Å². The van der Waals surface area contributed by atoms with Crippen molar-refractivity contribution >= 4 is 34.7 Å². The van der Waals surface area contributed by atoms with Crippen molar-refractivity contribution in [2.75, 3.05) is 26.7 Å². The zero-order valence-electron chi connectivity index (χ0n) is 30.7. The Morgan fingerprint density at radius 2 is 1.70 bits per heavy atom. The van der Waals surface area contributed by atoms with E-state index in [1.54, 1.807) is 4.90 Å².